The third-order valence-electron chi connectivity index (χ3n) is 3.91. The topological polar surface area (TPSA) is 84.7 Å². The second-order valence-electron chi connectivity index (χ2n) is 6.81. The van der Waals surface area contributed by atoms with Gasteiger partial charge in [-0.05, 0) is 29.7 Å². The number of carbonyl (C=O) groups is 2. The van der Waals surface area contributed by atoms with E-state index in [0.29, 0.717) is 37.6 Å². The molecule has 2 amide bonds. The molecular weight excluding hydrogens is 330 g/mol. The first kappa shape index (κ1) is 20.4. The Bertz CT molecular complexity index is 563. The highest BCUT2D eigenvalue weighted by atomic mass is 35.5. The molecule has 0 unspecified atom stereocenters. The molecule has 0 radical (unpaired) electrons. The number of hydrogen-bond donors (Lipinski definition) is 2. The van der Waals surface area contributed by atoms with E-state index in [-0.39, 0.29) is 29.6 Å². The Morgan fingerprint density at radius 1 is 1.17 bits per heavy atom. The summed E-state index contributed by atoms with van der Waals surface area (Å²) in [6, 6.07) is 6.28. The molecular formula is C17H26ClN3O3. The molecule has 3 N–H and O–H groups in total. The van der Waals surface area contributed by atoms with Crippen molar-refractivity contribution in [2.24, 2.45) is 11.1 Å². The molecule has 0 bridgehead atoms. The number of rotatable bonds is 3. The molecule has 1 aliphatic rings. The van der Waals surface area contributed by atoms with Crippen molar-refractivity contribution in [3.05, 3.63) is 29.8 Å². The van der Waals surface area contributed by atoms with Gasteiger partial charge in [-0.1, -0.05) is 20.8 Å². The normalized spacial score (nSPS) is 16.1. The smallest absolute Gasteiger partial charge is 0.254 e. The Morgan fingerprint density at radius 2 is 1.71 bits per heavy atom. The number of nitrogens with one attached hydrogen (secondary N) is 1. The molecule has 134 valence electrons. The van der Waals surface area contributed by atoms with Crippen molar-refractivity contribution in [3.8, 4) is 0 Å². The zero-order valence-corrected chi connectivity index (χ0v) is 15.2. The van der Waals surface area contributed by atoms with Gasteiger partial charge in [0.25, 0.3) is 5.91 Å². The number of halogens is 1. The van der Waals surface area contributed by atoms with Gasteiger partial charge in [-0.15, -0.1) is 12.4 Å². The maximum atomic E-state index is 12.3. The van der Waals surface area contributed by atoms with Crippen LogP contribution in [0.4, 0.5) is 5.69 Å². The number of ether oxygens (including phenoxy) is 1. The number of morpholine rings is 1. The second-order valence-corrected chi connectivity index (χ2v) is 6.81. The standard InChI is InChI=1S/C17H25N3O3.ClH/c1-17(2,3)14(18)15(21)19-13-6-4-12(5-7-13)16(22)20-8-10-23-11-9-20;/h4-7,14H,8-11,18H2,1-3H3,(H,19,21);1H/t14-;/m1./s1. The summed E-state index contributed by atoms with van der Waals surface area (Å²) in [5, 5.41) is 2.79. The molecule has 0 saturated carbocycles. The van der Waals surface area contributed by atoms with Crippen molar-refractivity contribution in [2.45, 2.75) is 26.8 Å². The predicted octanol–water partition coefficient (Wildman–Crippen LogP) is 1.89. The highest BCUT2D eigenvalue weighted by molar-refractivity contribution is 5.97. The van der Waals surface area contributed by atoms with Gasteiger partial charge in [0.15, 0.2) is 0 Å². The number of benzene rings is 1. The molecule has 1 aromatic carbocycles. The molecule has 7 heteroatoms. The van der Waals surface area contributed by atoms with E-state index in [9.17, 15) is 9.59 Å². The maximum absolute atomic E-state index is 12.3. The lowest BCUT2D eigenvalue weighted by Crippen LogP contribution is -2.45. The van der Waals surface area contributed by atoms with Gasteiger partial charge in [0, 0.05) is 24.3 Å². The molecule has 1 saturated heterocycles. The van der Waals surface area contributed by atoms with Crippen LogP contribution in [-0.2, 0) is 9.53 Å². The third-order valence-corrected chi connectivity index (χ3v) is 3.91. The zero-order chi connectivity index (χ0) is 17.0. The fourth-order valence-corrected chi connectivity index (χ4v) is 2.26. The van der Waals surface area contributed by atoms with Gasteiger partial charge in [-0.2, -0.15) is 0 Å². The van der Waals surface area contributed by atoms with E-state index in [1.54, 1.807) is 29.2 Å². The largest absolute Gasteiger partial charge is 0.378 e. The summed E-state index contributed by atoms with van der Waals surface area (Å²) >= 11 is 0. The van der Waals surface area contributed by atoms with Crippen LogP contribution in [0.25, 0.3) is 0 Å². The van der Waals surface area contributed by atoms with E-state index >= 15 is 0 Å². The second kappa shape index (κ2) is 8.46. The van der Waals surface area contributed by atoms with Crippen LogP contribution >= 0.6 is 12.4 Å². The van der Waals surface area contributed by atoms with Gasteiger partial charge >= 0.3 is 0 Å². The quantitative estimate of drug-likeness (QED) is 0.867. The average Bonchev–Trinajstić information content (AvgIpc) is 2.54. The van der Waals surface area contributed by atoms with Crippen molar-refractivity contribution < 1.29 is 14.3 Å². The van der Waals surface area contributed by atoms with Gasteiger partial charge in [0.2, 0.25) is 5.91 Å². The minimum atomic E-state index is -0.600. The number of anilines is 1. The first-order valence-corrected chi connectivity index (χ1v) is 7.82. The highest BCUT2D eigenvalue weighted by Crippen LogP contribution is 2.19. The number of nitrogens with two attached hydrogens (primary N) is 1. The fourth-order valence-electron chi connectivity index (χ4n) is 2.26. The Morgan fingerprint density at radius 3 is 2.21 bits per heavy atom. The summed E-state index contributed by atoms with van der Waals surface area (Å²) in [6.07, 6.45) is 0. The average molecular weight is 356 g/mol. The number of nitrogens with zero attached hydrogens (tertiary/aromatic N) is 1. The monoisotopic (exact) mass is 355 g/mol. The van der Waals surface area contributed by atoms with E-state index in [1.165, 1.54) is 0 Å². The molecule has 0 aliphatic carbocycles. The predicted molar refractivity (Wildman–Crippen MR) is 96.5 cm³/mol. The lowest BCUT2D eigenvalue weighted by atomic mass is 9.87. The number of carbonyl (C=O) groups excluding carboxylic acids is 2. The van der Waals surface area contributed by atoms with Gasteiger partial charge < -0.3 is 20.7 Å². The lowest BCUT2D eigenvalue weighted by Gasteiger charge is -2.27. The van der Waals surface area contributed by atoms with E-state index in [2.05, 4.69) is 5.32 Å². The van der Waals surface area contributed by atoms with Crippen molar-refractivity contribution >= 4 is 29.9 Å². The highest BCUT2D eigenvalue weighted by Gasteiger charge is 2.27. The summed E-state index contributed by atoms with van der Waals surface area (Å²) in [6.45, 7) is 8.12. The molecule has 2 rings (SSSR count). The summed E-state index contributed by atoms with van der Waals surface area (Å²) in [5.74, 6) is -0.248. The number of amides is 2. The van der Waals surface area contributed by atoms with Gasteiger partial charge in [-0.3, -0.25) is 9.59 Å². The minimum Gasteiger partial charge on any atom is -0.378 e. The molecule has 24 heavy (non-hydrogen) atoms. The van der Waals surface area contributed by atoms with Crippen LogP contribution in [0.5, 0.6) is 0 Å². The van der Waals surface area contributed by atoms with Crippen molar-refractivity contribution in [1.29, 1.82) is 0 Å². The Kier molecular flexibility index (Phi) is 7.20. The van der Waals surface area contributed by atoms with Crippen LogP contribution in [0.2, 0.25) is 0 Å². The van der Waals surface area contributed by atoms with Crippen molar-refractivity contribution in [3.63, 3.8) is 0 Å². The molecule has 0 aromatic heterocycles. The molecule has 1 atom stereocenters. The minimum absolute atomic E-state index is 0. The molecule has 1 aliphatic heterocycles. The summed E-state index contributed by atoms with van der Waals surface area (Å²) in [4.78, 5) is 26.2. The molecule has 6 nitrogen and oxygen atoms in total. The number of hydrogen-bond acceptors (Lipinski definition) is 4. The van der Waals surface area contributed by atoms with E-state index in [0.717, 1.165) is 0 Å². The van der Waals surface area contributed by atoms with Gasteiger partial charge in [-0.25, -0.2) is 0 Å². The van der Waals surface area contributed by atoms with Crippen LogP contribution < -0.4 is 11.1 Å². The molecule has 0 spiro atoms. The van der Waals surface area contributed by atoms with Crippen LogP contribution in [0.3, 0.4) is 0 Å². The first-order valence-electron chi connectivity index (χ1n) is 7.82. The Balaban J connectivity index is 0.00000288. The zero-order valence-electron chi connectivity index (χ0n) is 14.4. The first-order chi connectivity index (χ1) is 10.8. The van der Waals surface area contributed by atoms with Crippen LogP contribution in [0.1, 0.15) is 31.1 Å². The van der Waals surface area contributed by atoms with Crippen LogP contribution in [0, 0.1) is 5.41 Å². The fraction of sp³-hybridized carbons (Fsp3) is 0.529. The van der Waals surface area contributed by atoms with Gasteiger partial charge in [0.1, 0.15) is 0 Å². The van der Waals surface area contributed by atoms with Crippen molar-refractivity contribution in [1.82, 2.24) is 4.90 Å². The van der Waals surface area contributed by atoms with E-state index in [1.807, 2.05) is 20.8 Å². The SMILES string of the molecule is CC(C)(C)[C@H](N)C(=O)Nc1ccc(C(=O)N2CCOCC2)cc1.Cl. The summed E-state index contributed by atoms with van der Waals surface area (Å²) in [7, 11) is 0. The lowest BCUT2D eigenvalue weighted by molar-refractivity contribution is -0.119. The van der Waals surface area contributed by atoms with E-state index in [4.69, 9.17) is 10.5 Å². The Hall–Kier alpha value is -1.63. The van der Waals surface area contributed by atoms with Gasteiger partial charge in [0.05, 0.1) is 19.3 Å². The van der Waals surface area contributed by atoms with E-state index < -0.39 is 6.04 Å². The molecule has 1 fully saturated rings. The summed E-state index contributed by atoms with van der Waals surface area (Å²) < 4.78 is 5.25. The van der Waals surface area contributed by atoms with Crippen LogP contribution in [0.15, 0.2) is 24.3 Å². The molecule has 1 heterocycles. The third kappa shape index (κ3) is 5.19. The van der Waals surface area contributed by atoms with Crippen molar-refractivity contribution in [2.75, 3.05) is 31.6 Å². The Labute approximate surface area is 149 Å². The molecule has 1 aromatic rings. The maximum Gasteiger partial charge on any atom is 0.254 e. The summed E-state index contributed by atoms with van der Waals surface area (Å²) in [5.41, 5.74) is 6.86. The van der Waals surface area contributed by atoms with Crippen LogP contribution in [-0.4, -0.2) is 49.1 Å².